The molecule has 0 aliphatic heterocycles. The van der Waals surface area contributed by atoms with Crippen LogP contribution in [0.15, 0.2) is 59.8 Å². The minimum absolute atomic E-state index is 0.00986. The second kappa shape index (κ2) is 8.04. The highest BCUT2D eigenvalue weighted by Gasteiger charge is 2.08. The molecule has 0 aliphatic carbocycles. The Bertz CT molecular complexity index is 878. The Hall–Kier alpha value is -2.51. The number of nitrogens with zero attached hydrogens (tertiary/aromatic N) is 3. The molecule has 25 heavy (non-hydrogen) atoms. The van der Waals surface area contributed by atoms with Crippen molar-refractivity contribution < 1.29 is 9.18 Å². The minimum atomic E-state index is -0.580. The topological polar surface area (TPSA) is 67.8 Å². The number of benzene rings is 1. The van der Waals surface area contributed by atoms with Crippen LogP contribution in [0, 0.1) is 5.82 Å². The van der Waals surface area contributed by atoms with Crippen LogP contribution in [-0.2, 0) is 4.79 Å². The third-order valence-electron chi connectivity index (χ3n) is 3.12. The van der Waals surface area contributed by atoms with Crippen LogP contribution in [0.2, 0.25) is 5.02 Å². The summed E-state index contributed by atoms with van der Waals surface area (Å²) in [6, 6.07) is 13.2. The predicted molar refractivity (Wildman–Crippen MR) is 96.0 cm³/mol. The molecule has 2 heterocycles. The fourth-order valence-corrected chi connectivity index (χ4v) is 2.69. The van der Waals surface area contributed by atoms with Crippen LogP contribution < -0.4 is 5.32 Å². The van der Waals surface area contributed by atoms with Gasteiger partial charge >= 0.3 is 0 Å². The van der Waals surface area contributed by atoms with E-state index in [1.54, 1.807) is 18.3 Å². The number of thioether (sulfide) groups is 1. The van der Waals surface area contributed by atoms with E-state index in [2.05, 4.69) is 20.5 Å². The van der Waals surface area contributed by atoms with Gasteiger partial charge in [0.05, 0.1) is 16.5 Å². The maximum atomic E-state index is 13.3. The van der Waals surface area contributed by atoms with E-state index in [4.69, 9.17) is 11.6 Å². The molecule has 1 N–H and O–H groups in total. The molecule has 1 aromatic carbocycles. The van der Waals surface area contributed by atoms with Gasteiger partial charge in [0.25, 0.3) is 0 Å². The summed E-state index contributed by atoms with van der Waals surface area (Å²) in [7, 11) is 0. The van der Waals surface area contributed by atoms with Crippen molar-refractivity contribution in [3.8, 4) is 11.4 Å². The number of hydrogen-bond acceptors (Lipinski definition) is 5. The van der Waals surface area contributed by atoms with Crippen LogP contribution in [0.5, 0.6) is 0 Å². The lowest BCUT2D eigenvalue weighted by Gasteiger charge is -2.06. The van der Waals surface area contributed by atoms with Crippen LogP contribution in [0.1, 0.15) is 0 Å². The first-order chi connectivity index (χ1) is 12.1. The van der Waals surface area contributed by atoms with E-state index in [1.807, 2.05) is 18.2 Å². The summed E-state index contributed by atoms with van der Waals surface area (Å²) in [6.07, 6.45) is 1.68. The molecule has 2 aromatic heterocycles. The number of aromatic nitrogens is 3. The average molecular weight is 375 g/mol. The van der Waals surface area contributed by atoms with Crippen LogP contribution in [0.3, 0.4) is 0 Å². The van der Waals surface area contributed by atoms with Gasteiger partial charge in [-0.1, -0.05) is 29.4 Å². The Balaban J connectivity index is 1.56. The second-order valence-electron chi connectivity index (χ2n) is 4.94. The van der Waals surface area contributed by atoms with Gasteiger partial charge in [-0.15, -0.1) is 10.2 Å². The fourth-order valence-electron chi connectivity index (χ4n) is 1.96. The molecule has 0 radical (unpaired) electrons. The maximum absolute atomic E-state index is 13.3. The Morgan fingerprint density at radius 1 is 1.12 bits per heavy atom. The van der Waals surface area contributed by atoms with E-state index in [0.29, 0.717) is 16.4 Å². The molecule has 0 saturated carbocycles. The quantitative estimate of drug-likeness (QED) is 0.682. The lowest BCUT2D eigenvalue weighted by atomic mass is 10.2. The summed E-state index contributed by atoms with van der Waals surface area (Å²) in [5.74, 6) is -0.729. The number of halogens is 2. The Morgan fingerprint density at radius 3 is 2.68 bits per heavy atom. The highest BCUT2D eigenvalue weighted by atomic mass is 35.5. The third kappa shape index (κ3) is 4.74. The number of rotatable bonds is 5. The number of anilines is 1. The largest absolute Gasteiger partial charge is 0.325 e. The molecule has 8 heteroatoms. The number of amides is 1. The molecule has 1 amide bonds. The maximum Gasteiger partial charge on any atom is 0.234 e. The lowest BCUT2D eigenvalue weighted by Crippen LogP contribution is -2.14. The molecule has 5 nitrogen and oxygen atoms in total. The van der Waals surface area contributed by atoms with E-state index in [0.717, 1.165) is 5.69 Å². The van der Waals surface area contributed by atoms with Gasteiger partial charge in [0.2, 0.25) is 5.91 Å². The summed E-state index contributed by atoms with van der Waals surface area (Å²) in [6.45, 7) is 0. The summed E-state index contributed by atoms with van der Waals surface area (Å²) in [4.78, 5) is 16.1. The molecule has 3 rings (SSSR count). The van der Waals surface area contributed by atoms with Gasteiger partial charge in [0.15, 0.2) is 0 Å². The smallest absolute Gasteiger partial charge is 0.234 e. The van der Waals surface area contributed by atoms with Crippen molar-refractivity contribution in [3.05, 3.63) is 65.6 Å². The van der Waals surface area contributed by atoms with Gasteiger partial charge in [-0.05, 0) is 42.5 Å². The first-order valence-corrected chi connectivity index (χ1v) is 8.61. The first kappa shape index (κ1) is 17.3. The number of hydrogen-bond donors (Lipinski definition) is 1. The zero-order valence-electron chi connectivity index (χ0n) is 12.8. The Labute approximate surface area is 152 Å². The second-order valence-corrected chi connectivity index (χ2v) is 6.34. The molecule has 3 aromatic rings. The van der Waals surface area contributed by atoms with Gasteiger partial charge in [-0.25, -0.2) is 4.39 Å². The minimum Gasteiger partial charge on any atom is -0.325 e. The Kier molecular flexibility index (Phi) is 5.57. The van der Waals surface area contributed by atoms with E-state index in [1.165, 1.54) is 30.0 Å². The number of pyridine rings is 1. The normalized spacial score (nSPS) is 10.5. The summed E-state index contributed by atoms with van der Waals surface area (Å²) >= 11 is 6.84. The van der Waals surface area contributed by atoms with Crippen LogP contribution >= 0.6 is 23.4 Å². The van der Waals surface area contributed by atoms with Crippen LogP contribution in [-0.4, -0.2) is 26.8 Å². The number of carbonyl (C=O) groups excluding carboxylic acids is 1. The fraction of sp³-hybridized carbons (Fsp3) is 0.0588. The summed E-state index contributed by atoms with van der Waals surface area (Å²) in [5, 5.41) is 11.4. The number of carbonyl (C=O) groups is 1. The zero-order valence-corrected chi connectivity index (χ0v) is 14.4. The van der Waals surface area contributed by atoms with Crippen molar-refractivity contribution in [2.45, 2.75) is 5.03 Å². The highest BCUT2D eigenvalue weighted by molar-refractivity contribution is 7.99. The molecule has 0 unspecified atom stereocenters. The van der Waals surface area contributed by atoms with E-state index in [-0.39, 0.29) is 16.7 Å². The molecule has 0 saturated heterocycles. The van der Waals surface area contributed by atoms with Gasteiger partial charge in [0, 0.05) is 11.9 Å². The number of nitrogens with one attached hydrogen (secondary N) is 1. The lowest BCUT2D eigenvalue weighted by molar-refractivity contribution is -0.113. The predicted octanol–water partition coefficient (Wildman–Crippen LogP) is 4.06. The molecular formula is C17H12ClFN4OS. The average Bonchev–Trinajstić information content (AvgIpc) is 2.64. The van der Waals surface area contributed by atoms with Crippen molar-refractivity contribution in [2.24, 2.45) is 0 Å². The van der Waals surface area contributed by atoms with Crippen molar-refractivity contribution in [2.75, 3.05) is 11.1 Å². The highest BCUT2D eigenvalue weighted by Crippen LogP contribution is 2.20. The molecule has 0 atom stereocenters. The molecular weight excluding hydrogens is 363 g/mol. The van der Waals surface area contributed by atoms with Gasteiger partial charge < -0.3 is 5.32 Å². The summed E-state index contributed by atoms with van der Waals surface area (Å²) in [5.41, 5.74) is 1.74. The standard InChI is InChI=1S/C17H12ClFN4OS/c18-12-5-4-11(9-13(12)19)21-16(24)10-25-17-7-6-15(22-23-17)14-3-1-2-8-20-14/h1-9H,10H2,(H,21,24). The van der Waals surface area contributed by atoms with E-state index < -0.39 is 5.82 Å². The van der Waals surface area contributed by atoms with Crippen molar-refractivity contribution in [3.63, 3.8) is 0 Å². The molecule has 126 valence electrons. The van der Waals surface area contributed by atoms with Crippen molar-refractivity contribution in [1.82, 2.24) is 15.2 Å². The van der Waals surface area contributed by atoms with Crippen LogP contribution in [0.4, 0.5) is 10.1 Å². The van der Waals surface area contributed by atoms with E-state index >= 15 is 0 Å². The molecule has 0 fully saturated rings. The van der Waals surface area contributed by atoms with Crippen molar-refractivity contribution >= 4 is 35.0 Å². The molecule has 0 spiro atoms. The molecule has 0 aliphatic rings. The monoisotopic (exact) mass is 374 g/mol. The van der Waals surface area contributed by atoms with Gasteiger partial charge in [-0.2, -0.15) is 0 Å². The SMILES string of the molecule is O=C(CSc1ccc(-c2ccccn2)nn1)Nc1ccc(Cl)c(F)c1. The zero-order chi connectivity index (χ0) is 17.6. The molecule has 0 bridgehead atoms. The Morgan fingerprint density at radius 2 is 2.00 bits per heavy atom. The third-order valence-corrected chi connectivity index (χ3v) is 4.35. The van der Waals surface area contributed by atoms with Gasteiger partial charge in [-0.3, -0.25) is 9.78 Å². The summed E-state index contributed by atoms with van der Waals surface area (Å²) < 4.78 is 13.3. The van der Waals surface area contributed by atoms with Crippen molar-refractivity contribution in [1.29, 1.82) is 0 Å². The van der Waals surface area contributed by atoms with E-state index in [9.17, 15) is 9.18 Å². The van der Waals surface area contributed by atoms with Gasteiger partial charge in [0.1, 0.15) is 16.5 Å². The van der Waals surface area contributed by atoms with Crippen LogP contribution in [0.25, 0.3) is 11.4 Å². The first-order valence-electron chi connectivity index (χ1n) is 7.24.